The number of thioether (sulfide) groups is 1. The van der Waals surface area contributed by atoms with Crippen LogP contribution in [0.2, 0.25) is 5.02 Å². The summed E-state index contributed by atoms with van der Waals surface area (Å²) < 4.78 is 29.2. The first-order valence-corrected chi connectivity index (χ1v) is 18.7. The summed E-state index contributed by atoms with van der Waals surface area (Å²) in [6.07, 6.45) is 1.22. The fourth-order valence-corrected chi connectivity index (χ4v) is 8.07. The number of halogens is 1. The van der Waals surface area contributed by atoms with Crippen molar-refractivity contribution in [1.29, 1.82) is 0 Å². The number of nitrogens with zero attached hydrogens (tertiary/aromatic N) is 1. The van der Waals surface area contributed by atoms with E-state index < -0.39 is 59.6 Å². The number of benzene rings is 2. The Kier molecular flexibility index (Phi) is 12.3. The third-order valence-corrected chi connectivity index (χ3v) is 11.7. The first-order valence-electron chi connectivity index (χ1n) is 17.3. The lowest BCUT2D eigenvalue weighted by Gasteiger charge is -2.42. The highest BCUT2D eigenvalue weighted by Crippen LogP contribution is 2.49. The maximum absolute atomic E-state index is 14.1. The third kappa shape index (κ3) is 8.92. The summed E-state index contributed by atoms with van der Waals surface area (Å²) in [7, 11) is 4.53. The lowest BCUT2D eigenvalue weighted by Crippen LogP contribution is -2.63. The minimum absolute atomic E-state index is 0.0317. The number of rotatable bonds is 7. The summed E-state index contributed by atoms with van der Waals surface area (Å²) >= 11 is 8.02. The van der Waals surface area contributed by atoms with Gasteiger partial charge in [0.2, 0.25) is 5.91 Å². The molecule has 2 aromatic rings. The van der Waals surface area contributed by atoms with Crippen molar-refractivity contribution in [3.63, 3.8) is 0 Å². The molecule has 3 aliphatic rings. The van der Waals surface area contributed by atoms with Gasteiger partial charge in [0.25, 0.3) is 0 Å². The number of epoxide rings is 1. The Morgan fingerprint density at radius 1 is 1.17 bits per heavy atom. The summed E-state index contributed by atoms with van der Waals surface area (Å²) in [6, 6.07) is 8.89. The number of amides is 2. The molecule has 0 radical (unpaired) electrons. The molecule has 286 valence electrons. The van der Waals surface area contributed by atoms with Crippen LogP contribution in [0.3, 0.4) is 0 Å². The van der Waals surface area contributed by atoms with Crippen LogP contribution in [-0.4, -0.2) is 91.6 Å². The number of aliphatic hydroxyl groups is 1. The fourth-order valence-electron chi connectivity index (χ4n) is 6.97. The van der Waals surface area contributed by atoms with Crippen molar-refractivity contribution in [2.75, 3.05) is 31.9 Å². The van der Waals surface area contributed by atoms with Crippen LogP contribution >= 0.6 is 23.4 Å². The number of esters is 1. The second-order valence-electron chi connectivity index (χ2n) is 14.1. The number of alkyl carbamates (subject to hydrolysis) is 1. The first-order chi connectivity index (χ1) is 25.0. The Labute approximate surface area is 319 Å². The SMILES string of the molecule is COc1cc2cc(c1Cl)N(C)C(=O)C[C@H](OC(=O)CSc1ccc(C(C)=O)cc1C)[C@]1(C)O[C@H]1[C@H](C)[C@@H]1C[C@@](O)(NC(=O)O1)[C@H](OC)/C=C/C=C(\C)C2. The van der Waals surface area contributed by atoms with E-state index >= 15 is 0 Å². The van der Waals surface area contributed by atoms with Crippen LogP contribution in [0.5, 0.6) is 5.75 Å². The molecule has 2 N–H and O–H groups in total. The largest absolute Gasteiger partial charge is 0.495 e. The van der Waals surface area contributed by atoms with Gasteiger partial charge in [0.05, 0.1) is 31.1 Å². The van der Waals surface area contributed by atoms with Crippen LogP contribution in [0.1, 0.15) is 62.0 Å². The number of allylic oxidation sites excluding steroid dienone is 3. The number of carbonyl (C=O) groups excluding carboxylic acids is 4. The Morgan fingerprint density at radius 2 is 1.91 bits per heavy atom. The van der Waals surface area contributed by atoms with E-state index in [9.17, 15) is 24.3 Å². The molecule has 0 aromatic heterocycles. The van der Waals surface area contributed by atoms with E-state index in [1.165, 1.54) is 37.8 Å². The van der Waals surface area contributed by atoms with E-state index in [0.717, 1.165) is 21.6 Å². The minimum atomic E-state index is -1.81. The number of anilines is 1. The normalized spacial score (nSPS) is 30.6. The van der Waals surface area contributed by atoms with Gasteiger partial charge in [-0.25, -0.2) is 4.79 Å². The molecule has 2 saturated heterocycles. The van der Waals surface area contributed by atoms with Crippen molar-refractivity contribution >= 4 is 52.8 Å². The third-order valence-electron chi connectivity index (χ3n) is 10.2. The molecule has 53 heavy (non-hydrogen) atoms. The molecule has 5 rings (SSSR count). The van der Waals surface area contributed by atoms with Crippen molar-refractivity contribution in [2.45, 2.75) is 94.5 Å². The molecule has 12 nitrogen and oxygen atoms in total. The maximum atomic E-state index is 14.1. The van der Waals surface area contributed by atoms with Crippen LogP contribution in [-0.2, 0) is 35.0 Å². The highest BCUT2D eigenvalue weighted by atomic mass is 35.5. The van der Waals surface area contributed by atoms with Gasteiger partial charge >= 0.3 is 12.1 Å². The smallest absolute Gasteiger partial charge is 0.409 e. The van der Waals surface area contributed by atoms with Gasteiger partial charge in [0.15, 0.2) is 11.5 Å². The van der Waals surface area contributed by atoms with E-state index in [2.05, 4.69) is 5.32 Å². The Bertz CT molecular complexity index is 1830. The van der Waals surface area contributed by atoms with Gasteiger partial charge in [-0.2, -0.15) is 0 Å². The first kappa shape index (κ1) is 40.3. The standard InChI is InChI=1S/C39H47ClN2O10S/c1-21-10-9-11-31(49-8)39(47)19-29(50-37(46)41-39)23(3)36-38(5,52-36)32(51-34(45)20-53-30-13-12-26(24(4)43)15-22(30)2)18-33(44)42(6)27-16-25(14-21)17-28(48-7)35(27)40/h9-13,15-17,23,29,31-32,36,47H,14,18-20H2,1-8H3,(H,41,46)/b11-9+,21-10+/t23-,29+,31-,32+,36+,38+,39+/m1/s1. The zero-order valence-corrected chi connectivity index (χ0v) is 32.8. The molecular weight excluding hydrogens is 724 g/mol. The van der Waals surface area contributed by atoms with Crippen LogP contribution in [0.4, 0.5) is 10.5 Å². The number of hydrogen-bond donors (Lipinski definition) is 2. The van der Waals surface area contributed by atoms with Gasteiger partial charge in [0, 0.05) is 37.0 Å². The lowest BCUT2D eigenvalue weighted by atomic mass is 9.83. The fraction of sp³-hybridized carbons (Fsp3) is 0.487. The molecule has 0 unspecified atom stereocenters. The lowest BCUT2D eigenvalue weighted by molar-refractivity contribution is -0.150. The second-order valence-corrected chi connectivity index (χ2v) is 15.5. The van der Waals surface area contributed by atoms with Gasteiger partial charge in [-0.1, -0.05) is 48.4 Å². The van der Waals surface area contributed by atoms with Gasteiger partial charge in [-0.15, -0.1) is 11.8 Å². The second kappa shape index (κ2) is 16.2. The average molecular weight is 771 g/mol. The van der Waals surface area contributed by atoms with E-state index in [1.807, 2.05) is 32.9 Å². The molecule has 3 heterocycles. The number of ether oxygens (including phenoxy) is 5. The number of aryl methyl sites for hydroxylation is 1. The molecule has 0 aliphatic carbocycles. The molecule has 0 saturated carbocycles. The van der Waals surface area contributed by atoms with Crippen LogP contribution in [0.15, 0.2) is 59.0 Å². The zero-order valence-electron chi connectivity index (χ0n) is 31.2. The molecule has 2 aromatic carbocycles. The van der Waals surface area contributed by atoms with Crippen LogP contribution in [0.25, 0.3) is 0 Å². The van der Waals surface area contributed by atoms with Gasteiger partial charge in [-0.3, -0.25) is 19.7 Å². The Hall–Kier alpha value is -3.88. The van der Waals surface area contributed by atoms with E-state index in [4.69, 9.17) is 35.3 Å². The highest BCUT2D eigenvalue weighted by Gasteiger charge is 2.64. The van der Waals surface area contributed by atoms with Crippen molar-refractivity contribution in [3.05, 3.63) is 75.8 Å². The monoisotopic (exact) mass is 770 g/mol. The van der Waals surface area contributed by atoms with Crippen molar-refractivity contribution < 1.29 is 48.0 Å². The van der Waals surface area contributed by atoms with Crippen molar-refractivity contribution in [2.24, 2.45) is 5.92 Å². The number of nitrogens with one attached hydrogen (secondary N) is 1. The topological polar surface area (TPSA) is 153 Å². The predicted octanol–water partition coefficient (Wildman–Crippen LogP) is 5.97. The predicted molar refractivity (Wildman–Crippen MR) is 201 cm³/mol. The summed E-state index contributed by atoms with van der Waals surface area (Å²) in [5.41, 5.74) is 0.625. The Morgan fingerprint density at radius 3 is 2.57 bits per heavy atom. The Balaban J connectivity index is 1.49. The molecule has 14 heteroatoms. The van der Waals surface area contributed by atoms with E-state index in [0.29, 0.717) is 23.4 Å². The number of fused-ring (bicyclic) bond motifs is 5. The minimum Gasteiger partial charge on any atom is -0.495 e. The van der Waals surface area contributed by atoms with Crippen LogP contribution < -0.4 is 15.0 Å². The molecule has 4 bridgehead atoms. The molecule has 2 amide bonds. The zero-order chi connectivity index (χ0) is 38.8. The molecule has 7 atom stereocenters. The van der Waals surface area contributed by atoms with Gasteiger partial charge in [0.1, 0.15) is 34.7 Å². The maximum Gasteiger partial charge on any atom is 0.409 e. The van der Waals surface area contributed by atoms with Crippen molar-refractivity contribution in [1.82, 2.24) is 5.32 Å². The summed E-state index contributed by atoms with van der Waals surface area (Å²) in [4.78, 5) is 54.5. The summed E-state index contributed by atoms with van der Waals surface area (Å²) in [5, 5.41) is 14.5. The van der Waals surface area contributed by atoms with E-state index in [1.54, 1.807) is 50.4 Å². The molecule has 2 fully saturated rings. The van der Waals surface area contributed by atoms with Crippen molar-refractivity contribution in [3.8, 4) is 5.75 Å². The van der Waals surface area contributed by atoms with Gasteiger partial charge in [-0.05, 0) is 69.5 Å². The number of methoxy groups -OCH3 is 2. The highest BCUT2D eigenvalue weighted by molar-refractivity contribution is 8.00. The number of carbonyl (C=O) groups is 4. The summed E-state index contributed by atoms with van der Waals surface area (Å²) in [6.45, 7) is 8.85. The average Bonchev–Trinajstić information content (AvgIpc) is 3.80. The van der Waals surface area contributed by atoms with E-state index in [-0.39, 0.29) is 29.4 Å². The quantitative estimate of drug-likeness (QED) is 0.148. The molecular formula is C39H47ClN2O10S. The summed E-state index contributed by atoms with van der Waals surface area (Å²) in [5.74, 6) is -1.21. The number of hydrogen-bond acceptors (Lipinski definition) is 11. The molecule has 0 spiro atoms. The van der Waals surface area contributed by atoms with Gasteiger partial charge < -0.3 is 33.7 Å². The van der Waals surface area contributed by atoms with Crippen LogP contribution in [0, 0.1) is 12.8 Å². The molecule has 3 aliphatic heterocycles. The number of Topliss-reactive ketones (excluding diaryl/α,β-unsaturated/α-hetero) is 1. The number of ketones is 1.